The van der Waals surface area contributed by atoms with Gasteiger partial charge in [-0.1, -0.05) is 102 Å². The van der Waals surface area contributed by atoms with Crippen molar-refractivity contribution in [1.82, 2.24) is 20.4 Å². The summed E-state index contributed by atoms with van der Waals surface area (Å²) in [6.07, 6.45) is 3.44. The van der Waals surface area contributed by atoms with Gasteiger partial charge in [-0.05, 0) is 42.0 Å². The molecule has 0 aliphatic heterocycles. The molecule has 5 aromatic rings. The fourth-order valence-electron chi connectivity index (χ4n) is 4.08. The van der Waals surface area contributed by atoms with Crippen molar-refractivity contribution in [1.29, 1.82) is 0 Å². The fraction of sp³-hybridized carbons (Fsp3) is 0.0312. The van der Waals surface area contributed by atoms with Crippen LogP contribution in [0.5, 0.6) is 0 Å². The van der Waals surface area contributed by atoms with Crippen LogP contribution in [-0.4, -0.2) is 21.6 Å². The molecule has 0 unspecified atom stereocenters. The summed E-state index contributed by atoms with van der Waals surface area (Å²) in [7, 11) is 0. The van der Waals surface area contributed by atoms with Gasteiger partial charge in [-0.3, -0.25) is 9.59 Å². The summed E-state index contributed by atoms with van der Waals surface area (Å²) in [5.41, 5.74) is 4.15. The summed E-state index contributed by atoms with van der Waals surface area (Å²) in [5, 5.41) is 11.0. The van der Waals surface area contributed by atoms with Crippen LogP contribution in [0.2, 0.25) is 10.0 Å². The molecule has 0 fully saturated rings. The van der Waals surface area contributed by atoms with Gasteiger partial charge in [-0.2, -0.15) is 5.10 Å². The number of para-hydroxylation sites is 1. The molecule has 1 aromatic heterocycles. The first-order valence-corrected chi connectivity index (χ1v) is 13.2. The highest BCUT2D eigenvalue weighted by atomic mass is 35.5. The van der Waals surface area contributed by atoms with E-state index in [-0.39, 0.29) is 22.8 Å². The van der Waals surface area contributed by atoms with Crippen LogP contribution in [0, 0.1) is 0 Å². The van der Waals surface area contributed by atoms with Crippen molar-refractivity contribution >= 4 is 41.1 Å². The van der Waals surface area contributed by atoms with E-state index in [0.717, 1.165) is 16.8 Å². The maximum Gasteiger partial charge on any atom is 0.268 e. The average molecular weight is 567 g/mol. The second-order valence-electron chi connectivity index (χ2n) is 8.88. The third-order valence-electron chi connectivity index (χ3n) is 6.07. The van der Waals surface area contributed by atoms with E-state index in [1.165, 1.54) is 12.1 Å². The number of benzene rings is 4. The van der Waals surface area contributed by atoms with E-state index in [2.05, 4.69) is 10.6 Å². The van der Waals surface area contributed by atoms with Gasteiger partial charge in [0.1, 0.15) is 11.4 Å². The van der Waals surface area contributed by atoms with Crippen LogP contribution in [0.1, 0.15) is 21.5 Å². The molecule has 2 amide bonds. The number of aromatic nitrogens is 2. The Hall–Kier alpha value is -4.65. The minimum atomic E-state index is -0.542. The Morgan fingerprint density at radius 2 is 1.48 bits per heavy atom. The molecule has 6 nitrogen and oxygen atoms in total. The van der Waals surface area contributed by atoms with Crippen molar-refractivity contribution in [3.63, 3.8) is 0 Å². The molecule has 5 rings (SSSR count). The van der Waals surface area contributed by atoms with Crippen molar-refractivity contribution in [2.45, 2.75) is 6.54 Å². The van der Waals surface area contributed by atoms with E-state index in [9.17, 15) is 9.59 Å². The number of nitrogens with one attached hydrogen (secondary N) is 2. The first-order valence-electron chi connectivity index (χ1n) is 12.5. The molecule has 0 saturated carbocycles. The van der Waals surface area contributed by atoms with E-state index in [1.54, 1.807) is 16.8 Å². The molecule has 198 valence electrons. The molecule has 40 heavy (non-hydrogen) atoms. The number of nitrogens with zero attached hydrogens (tertiary/aromatic N) is 2. The van der Waals surface area contributed by atoms with Gasteiger partial charge in [-0.25, -0.2) is 4.68 Å². The zero-order valence-electron chi connectivity index (χ0n) is 21.2. The standard InChI is InChI=1S/C32H24Cl2N4O2/c33-25-16-17-27(28(34)19-25)31(39)36-29(32(40)35-20-22-10-4-1-5-11-22)18-24-21-38(26-14-8-3-9-15-26)37-30(24)23-12-6-2-7-13-23/h1-19,21H,20H2,(H,35,40)(H,36,39)/b29-18+. The first kappa shape index (κ1) is 26.9. The summed E-state index contributed by atoms with van der Waals surface area (Å²) >= 11 is 12.3. The van der Waals surface area contributed by atoms with E-state index >= 15 is 0 Å². The minimum Gasteiger partial charge on any atom is -0.347 e. The van der Waals surface area contributed by atoms with E-state index in [4.69, 9.17) is 28.3 Å². The average Bonchev–Trinajstić information content (AvgIpc) is 3.41. The molecule has 2 N–H and O–H groups in total. The van der Waals surface area contributed by atoms with Crippen molar-refractivity contribution < 1.29 is 9.59 Å². The predicted octanol–water partition coefficient (Wildman–Crippen LogP) is 6.93. The molecule has 4 aromatic carbocycles. The van der Waals surface area contributed by atoms with E-state index in [1.807, 2.05) is 97.2 Å². The lowest BCUT2D eigenvalue weighted by Crippen LogP contribution is -2.34. The highest BCUT2D eigenvalue weighted by Crippen LogP contribution is 2.26. The molecule has 0 bridgehead atoms. The highest BCUT2D eigenvalue weighted by Gasteiger charge is 2.19. The normalized spacial score (nSPS) is 11.2. The summed E-state index contributed by atoms with van der Waals surface area (Å²) in [4.78, 5) is 26.7. The van der Waals surface area contributed by atoms with Gasteiger partial charge in [0.05, 0.1) is 16.3 Å². The van der Waals surface area contributed by atoms with Crippen molar-refractivity contribution in [3.8, 4) is 16.9 Å². The molecule has 8 heteroatoms. The SMILES string of the molecule is O=C(NCc1ccccc1)/C(=C\c1cn(-c2ccccc2)nc1-c1ccccc1)NC(=O)c1ccc(Cl)cc1Cl. The van der Waals surface area contributed by atoms with Gasteiger partial charge in [0.2, 0.25) is 0 Å². The van der Waals surface area contributed by atoms with Gasteiger partial charge in [0, 0.05) is 28.9 Å². The molecule has 0 spiro atoms. The third kappa shape index (κ3) is 6.49. The molecule has 0 aliphatic rings. The number of halogens is 2. The minimum absolute atomic E-state index is 0.0386. The number of hydrogen-bond acceptors (Lipinski definition) is 3. The Bertz CT molecular complexity index is 1670. The molecule has 0 radical (unpaired) electrons. The van der Waals surface area contributed by atoms with Gasteiger partial charge in [-0.15, -0.1) is 0 Å². The maximum absolute atomic E-state index is 13.5. The number of carbonyl (C=O) groups is 2. The summed E-state index contributed by atoms with van der Waals surface area (Å²) in [6, 6.07) is 33.4. The predicted molar refractivity (Wildman–Crippen MR) is 159 cm³/mol. The zero-order valence-corrected chi connectivity index (χ0v) is 22.7. The number of hydrogen-bond donors (Lipinski definition) is 2. The summed E-state index contributed by atoms with van der Waals surface area (Å²) in [5.74, 6) is -1.01. The third-order valence-corrected chi connectivity index (χ3v) is 6.62. The largest absolute Gasteiger partial charge is 0.347 e. The second-order valence-corrected chi connectivity index (χ2v) is 9.73. The van der Waals surface area contributed by atoms with Crippen molar-refractivity contribution in [3.05, 3.63) is 148 Å². The number of carbonyl (C=O) groups excluding carboxylic acids is 2. The zero-order chi connectivity index (χ0) is 27.9. The maximum atomic E-state index is 13.5. The van der Waals surface area contributed by atoms with Crippen LogP contribution >= 0.6 is 23.2 Å². The Kier molecular flexibility index (Phi) is 8.40. The molecular weight excluding hydrogens is 543 g/mol. The van der Waals surface area contributed by atoms with Crippen molar-refractivity contribution in [2.75, 3.05) is 0 Å². The van der Waals surface area contributed by atoms with E-state index < -0.39 is 11.8 Å². The van der Waals surface area contributed by atoms with Crippen LogP contribution in [0.25, 0.3) is 23.0 Å². The Morgan fingerprint density at radius 1 is 0.825 bits per heavy atom. The lowest BCUT2D eigenvalue weighted by atomic mass is 10.1. The molecule has 0 aliphatic carbocycles. The molecule has 1 heterocycles. The number of amides is 2. The lowest BCUT2D eigenvalue weighted by molar-refractivity contribution is -0.117. The topological polar surface area (TPSA) is 76.0 Å². The number of rotatable bonds is 8. The van der Waals surface area contributed by atoms with Gasteiger partial charge in [0.15, 0.2) is 0 Å². The van der Waals surface area contributed by atoms with Gasteiger partial charge >= 0.3 is 0 Å². The van der Waals surface area contributed by atoms with Crippen LogP contribution in [0.4, 0.5) is 0 Å². The smallest absolute Gasteiger partial charge is 0.268 e. The van der Waals surface area contributed by atoms with E-state index in [0.29, 0.717) is 16.3 Å². The fourth-order valence-corrected chi connectivity index (χ4v) is 4.57. The van der Waals surface area contributed by atoms with Crippen LogP contribution in [0.15, 0.2) is 121 Å². The summed E-state index contributed by atoms with van der Waals surface area (Å²) in [6.45, 7) is 0.281. The van der Waals surface area contributed by atoms with Gasteiger partial charge in [0.25, 0.3) is 11.8 Å². The quantitative estimate of drug-likeness (QED) is 0.200. The van der Waals surface area contributed by atoms with Crippen LogP contribution < -0.4 is 10.6 Å². The molecule has 0 atom stereocenters. The molecular formula is C32H24Cl2N4O2. The Morgan fingerprint density at radius 3 is 2.15 bits per heavy atom. The lowest BCUT2D eigenvalue weighted by Gasteiger charge is -2.12. The highest BCUT2D eigenvalue weighted by molar-refractivity contribution is 6.36. The monoisotopic (exact) mass is 566 g/mol. The first-order chi connectivity index (χ1) is 19.5. The van der Waals surface area contributed by atoms with Gasteiger partial charge < -0.3 is 10.6 Å². The summed E-state index contributed by atoms with van der Waals surface area (Å²) < 4.78 is 1.74. The Balaban J connectivity index is 1.55. The Labute approximate surface area is 241 Å². The second kappa shape index (κ2) is 12.5. The van der Waals surface area contributed by atoms with Crippen LogP contribution in [-0.2, 0) is 11.3 Å². The molecule has 0 saturated heterocycles. The van der Waals surface area contributed by atoms with Crippen molar-refractivity contribution in [2.24, 2.45) is 0 Å². The van der Waals surface area contributed by atoms with Crippen LogP contribution in [0.3, 0.4) is 0 Å².